The van der Waals surface area contributed by atoms with Crippen LogP contribution in [0.3, 0.4) is 0 Å². The normalized spacial score (nSPS) is 19.6. The third-order valence-electron chi connectivity index (χ3n) is 3.00. The first-order chi connectivity index (χ1) is 8.75. The SMILES string of the molecule is CC.CN1CCC[C@@H](NC(=O)c2ccccc2)C1. The van der Waals surface area contributed by atoms with E-state index in [1.165, 1.54) is 0 Å². The van der Waals surface area contributed by atoms with Crippen LogP contribution in [0.5, 0.6) is 0 Å². The second-order valence-corrected chi connectivity index (χ2v) is 4.44. The van der Waals surface area contributed by atoms with Gasteiger partial charge in [-0.15, -0.1) is 0 Å². The van der Waals surface area contributed by atoms with Crippen LogP contribution in [0, 0.1) is 0 Å². The van der Waals surface area contributed by atoms with Crippen molar-refractivity contribution in [1.82, 2.24) is 10.2 Å². The summed E-state index contributed by atoms with van der Waals surface area (Å²) < 4.78 is 0. The Morgan fingerprint density at radius 3 is 2.56 bits per heavy atom. The van der Waals surface area contributed by atoms with Crippen LogP contribution in [-0.4, -0.2) is 37.0 Å². The lowest BCUT2D eigenvalue weighted by Crippen LogP contribution is -2.46. The van der Waals surface area contributed by atoms with Crippen molar-refractivity contribution in [2.24, 2.45) is 0 Å². The molecule has 0 spiro atoms. The Morgan fingerprint density at radius 1 is 1.28 bits per heavy atom. The van der Waals surface area contributed by atoms with Crippen molar-refractivity contribution < 1.29 is 4.79 Å². The Labute approximate surface area is 110 Å². The molecule has 1 saturated heterocycles. The molecule has 0 aliphatic carbocycles. The molecule has 2 rings (SSSR count). The quantitative estimate of drug-likeness (QED) is 0.872. The maximum atomic E-state index is 11.9. The second-order valence-electron chi connectivity index (χ2n) is 4.44. The summed E-state index contributed by atoms with van der Waals surface area (Å²) in [6, 6.07) is 9.70. The highest BCUT2D eigenvalue weighted by atomic mass is 16.1. The molecule has 18 heavy (non-hydrogen) atoms. The topological polar surface area (TPSA) is 32.3 Å². The van der Waals surface area contributed by atoms with Crippen molar-refractivity contribution in [2.45, 2.75) is 32.7 Å². The molecule has 100 valence electrons. The average Bonchev–Trinajstić information content (AvgIpc) is 2.42. The highest BCUT2D eigenvalue weighted by Crippen LogP contribution is 2.09. The van der Waals surface area contributed by atoms with Crippen LogP contribution in [0.2, 0.25) is 0 Å². The highest BCUT2D eigenvalue weighted by molar-refractivity contribution is 5.94. The Kier molecular flexibility index (Phi) is 6.44. The number of hydrogen-bond donors (Lipinski definition) is 1. The molecule has 1 aliphatic rings. The number of piperidine rings is 1. The number of likely N-dealkylation sites (tertiary alicyclic amines) is 1. The van der Waals surface area contributed by atoms with Crippen LogP contribution in [0.4, 0.5) is 0 Å². The van der Waals surface area contributed by atoms with Gasteiger partial charge in [-0.2, -0.15) is 0 Å². The number of nitrogens with one attached hydrogen (secondary N) is 1. The Morgan fingerprint density at radius 2 is 1.94 bits per heavy atom. The molecule has 1 fully saturated rings. The number of benzene rings is 1. The fourth-order valence-electron chi connectivity index (χ4n) is 2.14. The van der Waals surface area contributed by atoms with Crippen molar-refractivity contribution in [3.8, 4) is 0 Å². The summed E-state index contributed by atoms with van der Waals surface area (Å²) in [4.78, 5) is 14.2. The number of carbonyl (C=O) groups excluding carboxylic acids is 1. The van der Waals surface area contributed by atoms with Crippen molar-refractivity contribution >= 4 is 5.91 Å². The molecular weight excluding hydrogens is 224 g/mol. The zero-order chi connectivity index (χ0) is 13.4. The largest absolute Gasteiger partial charge is 0.348 e. The Balaban J connectivity index is 0.000000771. The first-order valence-electron chi connectivity index (χ1n) is 6.80. The van der Waals surface area contributed by atoms with Crippen molar-refractivity contribution in [3.05, 3.63) is 35.9 Å². The Bertz CT molecular complexity index is 351. The van der Waals surface area contributed by atoms with Gasteiger partial charge in [0.1, 0.15) is 0 Å². The maximum absolute atomic E-state index is 11.9. The van der Waals surface area contributed by atoms with Crippen LogP contribution in [0.1, 0.15) is 37.0 Å². The number of carbonyl (C=O) groups is 1. The predicted octanol–water partition coefficient (Wildman–Crippen LogP) is 2.54. The molecule has 1 amide bonds. The lowest BCUT2D eigenvalue weighted by atomic mass is 10.1. The van der Waals surface area contributed by atoms with E-state index in [0.29, 0.717) is 6.04 Å². The summed E-state index contributed by atoms with van der Waals surface area (Å²) in [5, 5.41) is 3.08. The number of hydrogen-bond acceptors (Lipinski definition) is 2. The zero-order valence-corrected chi connectivity index (χ0v) is 11.6. The minimum atomic E-state index is 0.0425. The van der Waals surface area contributed by atoms with Crippen molar-refractivity contribution in [3.63, 3.8) is 0 Å². The van der Waals surface area contributed by atoms with Crippen LogP contribution in [0.25, 0.3) is 0 Å². The lowest BCUT2D eigenvalue weighted by Gasteiger charge is -2.30. The smallest absolute Gasteiger partial charge is 0.251 e. The molecule has 0 bridgehead atoms. The first kappa shape index (κ1) is 14.7. The summed E-state index contributed by atoms with van der Waals surface area (Å²) in [6.45, 7) is 6.09. The van der Waals surface area contributed by atoms with Gasteiger partial charge in [0.15, 0.2) is 0 Å². The van der Waals surface area contributed by atoms with Gasteiger partial charge in [-0.1, -0.05) is 32.0 Å². The molecule has 0 aromatic heterocycles. The van der Waals surface area contributed by atoms with Gasteiger partial charge in [0.2, 0.25) is 0 Å². The van der Waals surface area contributed by atoms with E-state index >= 15 is 0 Å². The molecule has 1 heterocycles. The summed E-state index contributed by atoms with van der Waals surface area (Å²) in [7, 11) is 2.10. The van der Waals surface area contributed by atoms with Crippen molar-refractivity contribution in [2.75, 3.05) is 20.1 Å². The summed E-state index contributed by atoms with van der Waals surface area (Å²) in [5.74, 6) is 0.0425. The minimum absolute atomic E-state index is 0.0425. The zero-order valence-electron chi connectivity index (χ0n) is 11.6. The molecule has 3 nitrogen and oxygen atoms in total. The molecule has 1 aromatic rings. The summed E-state index contributed by atoms with van der Waals surface area (Å²) >= 11 is 0. The van der Waals surface area contributed by atoms with Gasteiger partial charge in [0.05, 0.1) is 0 Å². The fraction of sp³-hybridized carbons (Fsp3) is 0.533. The number of nitrogens with zero attached hydrogens (tertiary/aromatic N) is 1. The standard InChI is InChI=1S/C13H18N2O.C2H6/c1-15-9-5-8-12(10-15)14-13(16)11-6-3-2-4-7-11;1-2/h2-4,6-7,12H,5,8-10H2,1H3,(H,14,16);1-2H3/t12-;/m1./s1. The van der Waals surface area contributed by atoms with E-state index in [1.54, 1.807) is 0 Å². The Hall–Kier alpha value is -1.35. The number of amides is 1. The van der Waals surface area contributed by atoms with E-state index in [1.807, 2.05) is 44.2 Å². The maximum Gasteiger partial charge on any atom is 0.251 e. The van der Waals surface area contributed by atoms with E-state index in [2.05, 4.69) is 17.3 Å². The van der Waals surface area contributed by atoms with Crippen LogP contribution in [-0.2, 0) is 0 Å². The van der Waals surface area contributed by atoms with Crippen LogP contribution in [0.15, 0.2) is 30.3 Å². The number of likely N-dealkylation sites (N-methyl/N-ethyl adjacent to an activating group) is 1. The molecule has 0 saturated carbocycles. The summed E-state index contributed by atoms with van der Waals surface area (Å²) in [6.07, 6.45) is 2.25. The molecule has 1 N–H and O–H groups in total. The lowest BCUT2D eigenvalue weighted by molar-refractivity contribution is 0.0912. The van der Waals surface area contributed by atoms with Gasteiger partial charge in [0, 0.05) is 18.2 Å². The van der Waals surface area contributed by atoms with Crippen molar-refractivity contribution in [1.29, 1.82) is 0 Å². The van der Waals surface area contributed by atoms with E-state index in [4.69, 9.17) is 0 Å². The van der Waals surface area contributed by atoms with Gasteiger partial charge in [-0.05, 0) is 38.6 Å². The van der Waals surface area contributed by atoms with Gasteiger partial charge in [-0.25, -0.2) is 0 Å². The summed E-state index contributed by atoms with van der Waals surface area (Å²) in [5.41, 5.74) is 0.746. The van der Waals surface area contributed by atoms with Gasteiger partial charge in [0.25, 0.3) is 5.91 Å². The second kappa shape index (κ2) is 7.88. The molecule has 1 atom stereocenters. The molecule has 1 aromatic carbocycles. The highest BCUT2D eigenvalue weighted by Gasteiger charge is 2.19. The van der Waals surface area contributed by atoms with Gasteiger partial charge < -0.3 is 10.2 Å². The molecule has 1 aliphatic heterocycles. The van der Waals surface area contributed by atoms with E-state index < -0.39 is 0 Å². The van der Waals surface area contributed by atoms with E-state index in [0.717, 1.165) is 31.5 Å². The predicted molar refractivity (Wildman–Crippen MR) is 75.8 cm³/mol. The van der Waals surface area contributed by atoms with Gasteiger partial charge in [-0.3, -0.25) is 4.79 Å². The minimum Gasteiger partial charge on any atom is -0.348 e. The van der Waals surface area contributed by atoms with Crippen LogP contribution >= 0.6 is 0 Å². The van der Waals surface area contributed by atoms with Crippen LogP contribution < -0.4 is 5.32 Å². The van der Waals surface area contributed by atoms with E-state index in [-0.39, 0.29) is 5.91 Å². The third-order valence-corrected chi connectivity index (χ3v) is 3.00. The molecule has 0 unspecified atom stereocenters. The molecular formula is C15H24N2O. The molecule has 3 heteroatoms. The average molecular weight is 248 g/mol. The fourth-order valence-corrected chi connectivity index (χ4v) is 2.14. The monoisotopic (exact) mass is 248 g/mol. The van der Waals surface area contributed by atoms with Gasteiger partial charge >= 0.3 is 0 Å². The third kappa shape index (κ3) is 4.49. The first-order valence-corrected chi connectivity index (χ1v) is 6.80. The number of rotatable bonds is 2. The molecule has 0 radical (unpaired) electrons. The van der Waals surface area contributed by atoms with E-state index in [9.17, 15) is 4.79 Å².